The Kier molecular flexibility index (Phi) is 7.36. The maximum atomic E-state index is 10.5. The van der Waals surface area contributed by atoms with Crippen LogP contribution in [0.2, 0.25) is 0 Å². The number of benzene rings is 2. The number of carboxylic acid groups (broad SMARTS) is 1. The van der Waals surface area contributed by atoms with Crippen LogP contribution in [0.1, 0.15) is 44.9 Å². The van der Waals surface area contributed by atoms with Gasteiger partial charge >= 0.3 is 5.97 Å². The number of nitrogens with zero attached hydrogens (tertiary/aromatic N) is 3. The first-order valence-electron chi connectivity index (χ1n) is 10.0. The average Bonchev–Trinajstić information content (AvgIpc) is 3.15. The number of hydrogen-bond acceptors (Lipinski definition) is 3. The van der Waals surface area contributed by atoms with Crippen molar-refractivity contribution in [3.8, 4) is 22.5 Å². The zero-order valence-electron chi connectivity index (χ0n) is 16.1. The summed E-state index contributed by atoms with van der Waals surface area (Å²) in [5, 5.41) is 17.6. The van der Waals surface area contributed by atoms with Crippen LogP contribution < -0.4 is 0 Å². The van der Waals surface area contributed by atoms with Crippen molar-refractivity contribution in [3.63, 3.8) is 0 Å². The van der Waals surface area contributed by atoms with Crippen molar-refractivity contribution < 1.29 is 9.90 Å². The van der Waals surface area contributed by atoms with E-state index in [4.69, 9.17) is 5.11 Å². The molecule has 1 aromatic heterocycles. The van der Waals surface area contributed by atoms with Gasteiger partial charge in [-0.2, -0.15) is 0 Å². The lowest BCUT2D eigenvalue weighted by molar-refractivity contribution is -0.137. The summed E-state index contributed by atoms with van der Waals surface area (Å²) >= 11 is 0. The SMILES string of the molecule is O=C(O)CCCCCCCCn1nnc(-c2ccccc2)c1-c1ccccc1. The summed E-state index contributed by atoms with van der Waals surface area (Å²) in [7, 11) is 0. The van der Waals surface area contributed by atoms with E-state index in [0.717, 1.165) is 67.6 Å². The van der Waals surface area contributed by atoms with Crippen LogP contribution in [0.25, 0.3) is 22.5 Å². The summed E-state index contributed by atoms with van der Waals surface area (Å²) in [6, 6.07) is 20.5. The van der Waals surface area contributed by atoms with E-state index in [1.54, 1.807) is 0 Å². The fourth-order valence-electron chi connectivity index (χ4n) is 3.39. The second-order valence-electron chi connectivity index (χ2n) is 7.01. The highest BCUT2D eigenvalue weighted by Gasteiger charge is 2.16. The Bertz CT molecular complexity index is 860. The minimum absolute atomic E-state index is 0.279. The Morgan fingerprint density at radius 1 is 0.786 bits per heavy atom. The molecule has 0 aliphatic carbocycles. The van der Waals surface area contributed by atoms with Crippen molar-refractivity contribution in [2.24, 2.45) is 0 Å². The first-order chi connectivity index (χ1) is 13.8. The number of carboxylic acids is 1. The molecule has 0 aliphatic heterocycles. The summed E-state index contributed by atoms with van der Waals surface area (Å²) in [4.78, 5) is 10.5. The summed E-state index contributed by atoms with van der Waals surface area (Å²) in [6.07, 6.45) is 6.41. The molecule has 0 radical (unpaired) electrons. The van der Waals surface area contributed by atoms with Gasteiger partial charge in [0.15, 0.2) is 0 Å². The average molecular weight is 377 g/mol. The van der Waals surface area contributed by atoms with E-state index in [9.17, 15) is 4.79 Å². The summed E-state index contributed by atoms with van der Waals surface area (Å²) < 4.78 is 2.02. The second-order valence-corrected chi connectivity index (χ2v) is 7.01. The molecule has 0 fully saturated rings. The highest BCUT2D eigenvalue weighted by molar-refractivity contribution is 5.77. The standard InChI is InChI=1S/C23H27N3O2/c27-21(28)17-11-3-1-2-4-12-18-26-23(20-15-9-6-10-16-20)22(24-25-26)19-13-7-5-8-14-19/h5-10,13-16H,1-4,11-12,17-18H2,(H,27,28). The third-order valence-electron chi connectivity index (χ3n) is 4.84. The molecule has 28 heavy (non-hydrogen) atoms. The monoisotopic (exact) mass is 377 g/mol. The lowest BCUT2D eigenvalue weighted by Gasteiger charge is -2.09. The van der Waals surface area contributed by atoms with Crippen LogP contribution in [0.4, 0.5) is 0 Å². The topological polar surface area (TPSA) is 68.0 Å². The van der Waals surface area contributed by atoms with Crippen molar-refractivity contribution in [2.75, 3.05) is 0 Å². The Balaban J connectivity index is 1.62. The van der Waals surface area contributed by atoms with E-state index in [1.165, 1.54) is 0 Å². The fourth-order valence-corrected chi connectivity index (χ4v) is 3.39. The summed E-state index contributed by atoms with van der Waals surface area (Å²) in [5.41, 5.74) is 4.18. The molecule has 0 amide bonds. The first-order valence-corrected chi connectivity index (χ1v) is 10.0. The van der Waals surface area contributed by atoms with Gasteiger partial charge in [0.1, 0.15) is 5.69 Å². The number of aromatic nitrogens is 3. The number of hydrogen-bond donors (Lipinski definition) is 1. The van der Waals surface area contributed by atoms with Crippen LogP contribution >= 0.6 is 0 Å². The number of carbonyl (C=O) groups is 1. The Hall–Kier alpha value is -2.95. The highest BCUT2D eigenvalue weighted by atomic mass is 16.4. The molecule has 0 saturated carbocycles. The predicted molar refractivity (Wildman–Crippen MR) is 111 cm³/mol. The molecule has 5 heteroatoms. The van der Waals surface area contributed by atoms with Gasteiger partial charge < -0.3 is 5.11 Å². The molecule has 0 atom stereocenters. The quantitative estimate of drug-likeness (QED) is 0.453. The van der Waals surface area contributed by atoms with Gasteiger partial charge in [0.05, 0.1) is 5.69 Å². The smallest absolute Gasteiger partial charge is 0.303 e. The Morgan fingerprint density at radius 2 is 1.36 bits per heavy atom. The minimum Gasteiger partial charge on any atom is -0.481 e. The lowest BCUT2D eigenvalue weighted by atomic mass is 10.0. The van der Waals surface area contributed by atoms with Crippen molar-refractivity contribution in [1.29, 1.82) is 0 Å². The van der Waals surface area contributed by atoms with Gasteiger partial charge in [-0.1, -0.05) is 91.6 Å². The van der Waals surface area contributed by atoms with Crippen LogP contribution in [0.5, 0.6) is 0 Å². The molecular formula is C23H27N3O2. The molecule has 0 unspecified atom stereocenters. The highest BCUT2D eigenvalue weighted by Crippen LogP contribution is 2.30. The molecule has 0 saturated heterocycles. The van der Waals surface area contributed by atoms with Crippen molar-refractivity contribution in [3.05, 3.63) is 60.7 Å². The van der Waals surface area contributed by atoms with Crippen molar-refractivity contribution in [2.45, 2.75) is 51.5 Å². The maximum Gasteiger partial charge on any atom is 0.303 e. The van der Waals surface area contributed by atoms with Gasteiger partial charge in [0, 0.05) is 24.1 Å². The Labute approximate surface area is 166 Å². The van der Waals surface area contributed by atoms with Crippen LogP contribution in [0.15, 0.2) is 60.7 Å². The van der Waals surface area contributed by atoms with Gasteiger partial charge in [0.2, 0.25) is 0 Å². The van der Waals surface area contributed by atoms with Gasteiger partial charge in [-0.15, -0.1) is 5.10 Å². The van der Waals surface area contributed by atoms with Gasteiger partial charge in [-0.25, -0.2) is 4.68 Å². The van der Waals surface area contributed by atoms with E-state index in [0.29, 0.717) is 0 Å². The molecule has 1 N–H and O–H groups in total. The molecule has 3 aromatic rings. The van der Waals surface area contributed by atoms with Crippen LogP contribution in [0, 0.1) is 0 Å². The predicted octanol–water partition coefficient (Wildman–Crippen LogP) is 5.43. The number of aliphatic carboxylic acids is 1. The van der Waals surface area contributed by atoms with E-state index in [2.05, 4.69) is 34.6 Å². The van der Waals surface area contributed by atoms with Crippen LogP contribution in [-0.2, 0) is 11.3 Å². The van der Waals surface area contributed by atoms with Crippen LogP contribution in [0.3, 0.4) is 0 Å². The molecule has 1 heterocycles. The minimum atomic E-state index is -0.700. The fraction of sp³-hybridized carbons (Fsp3) is 0.348. The van der Waals surface area contributed by atoms with E-state index in [-0.39, 0.29) is 6.42 Å². The normalized spacial score (nSPS) is 10.9. The zero-order chi connectivity index (χ0) is 19.6. The Morgan fingerprint density at radius 3 is 2.00 bits per heavy atom. The van der Waals surface area contributed by atoms with Gasteiger partial charge in [-0.3, -0.25) is 4.79 Å². The van der Waals surface area contributed by atoms with Crippen molar-refractivity contribution >= 4 is 5.97 Å². The van der Waals surface area contributed by atoms with E-state index < -0.39 is 5.97 Å². The molecule has 5 nitrogen and oxygen atoms in total. The maximum absolute atomic E-state index is 10.5. The molecule has 0 spiro atoms. The molecular weight excluding hydrogens is 350 g/mol. The lowest BCUT2D eigenvalue weighted by Crippen LogP contribution is -2.03. The third kappa shape index (κ3) is 5.52. The number of unbranched alkanes of at least 4 members (excludes halogenated alkanes) is 5. The van der Waals surface area contributed by atoms with Gasteiger partial charge in [0.25, 0.3) is 0 Å². The summed E-state index contributed by atoms with van der Waals surface area (Å²) in [5.74, 6) is -0.700. The molecule has 146 valence electrons. The largest absolute Gasteiger partial charge is 0.481 e. The third-order valence-corrected chi connectivity index (χ3v) is 4.84. The number of aryl methyl sites for hydroxylation is 1. The first kappa shape index (κ1) is 19.8. The summed E-state index contributed by atoms with van der Waals surface area (Å²) in [6.45, 7) is 0.833. The zero-order valence-corrected chi connectivity index (χ0v) is 16.1. The van der Waals surface area contributed by atoms with E-state index in [1.807, 2.05) is 41.1 Å². The molecule has 0 bridgehead atoms. The van der Waals surface area contributed by atoms with Gasteiger partial charge in [-0.05, 0) is 12.8 Å². The molecule has 2 aromatic carbocycles. The van der Waals surface area contributed by atoms with E-state index >= 15 is 0 Å². The second kappa shape index (κ2) is 10.4. The number of rotatable bonds is 11. The molecule has 0 aliphatic rings. The molecule has 3 rings (SSSR count). The van der Waals surface area contributed by atoms with Crippen LogP contribution in [-0.4, -0.2) is 26.1 Å². The van der Waals surface area contributed by atoms with Crippen molar-refractivity contribution in [1.82, 2.24) is 15.0 Å².